The van der Waals surface area contributed by atoms with Gasteiger partial charge in [0.25, 0.3) is 11.8 Å². The van der Waals surface area contributed by atoms with Crippen LogP contribution in [0.5, 0.6) is 0 Å². The smallest absolute Gasteiger partial charge is 0.269 e. The second kappa shape index (κ2) is 6.50. The van der Waals surface area contributed by atoms with E-state index in [-0.39, 0.29) is 10.5 Å². The van der Waals surface area contributed by atoms with E-state index in [1.807, 2.05) is 0 Å². The number of carbonyl (C=O) groups is 2. The molecule has 0 bridgehead atoms. The molecule has 0 spiro atoms. The topological polar surface area (TPSA) is 37.4 Å². The molecule has 0 aromatic heterocycles. The first-order valence-electron chi connectivity index (χ1n) is 7.87. The Labute approximate surface area is 154 Å². The number of benzene rings is 2. The average Bonchev–Trinajstić information content (AvgIpc) is 2.82. The fourth-order valence-electron chi connectivity index (χ4n) is 3.03. The number of hydrogen-bond donors (Lipinski definition) is 0. The highest BCUT2D eigenvalue weighted by atomic mass is 19.4. The Morgan fingerprint density at radius 3 is 1.79 bits per heavy atom. The summed E-state index contributed by atoms with van der Waals surface area (Å²) in [5, 5.41) is 0. The van der Waals surface area contributed by atoms with E-state index < -0.39 is 52.1 Å². The van der Waals surface area contributed by atoms with Crippen LogP contribution in [-0.2, 0) is 21.9 Å². The maximum atomic E-state index is 13.3. The molecule has 0 saturated carbocycles. The summed E-state index contributed by atoms with van der Waals surface area (Å²) in [5.41, 5.74) is -4.62. The van der Waals surface area contributed by atoms with Crippen LogP contribution in [0.15, 0.2) is 54.1 Å². The first kappa shape index (κ1) is 19.7. The van der Waals surface area contributed by atoms with E-state index in [1.54, 1.807) is 0 Å². The van der Waals surface area contributed by atoms with E-state index in [4.69, 9.17) is 0 Å². The zero-order chi connectivity index (χ0) is 20.9. The highest BCUT2D eigenvalue weighted by Crippen LogP contribution is 2.43. The Balaban J connectivity index is 2.17. The lowest BCUT2D eigenvalue weighted by molar-refractivity contribution is -0.138. The zero-order valence-electron chi connectivity index (χ0n) is 14.2. The minimum atomic E-state index is -4.86. The van der Waals surface area contributed by atoms with E-state index in [1.165, 1.54) is 12.1 Å². The van der Waals surface area contributed by atoms with E-state index in [0.717, 1.165) is 37.3 Å². The number of carbonyl (C=O) groups excluding carboxylic acids is 2. The summed E-state index contributed by atoms with van der Waals surface area (Å²) < 4.78 is 79.8. The molecule has 2 aromatic rings. The van der Waals surface area contributed by atoms with Gasteiger partial charge in [-0.2, -0.15) is 26.3 Å². The van der Waals surface area contributed by atoms with Crippen molar-refractivity contribution in [1.29, 1.82) is 0 Å². The fourth-order valence-corrected chi connectivity index (χ4v) is 3.03. The number of para-hydroxylation sites is 1. The predicted molar refractivity (Wildman–Crippen MR) is 88.0 cm³/mol. The molecule has 1 aliphatic heterocycles. The van der Waals surface area contributed by atoms with Crippen molar-refractivity contribution in [3.63, 3.8) is 0 Å². The van der Waals surface area contributed by atoms with Gasteiger partial charge in [-0.05, 0) is 30.7 Å². The third-order valence-corrected chi connectivity index (χ3v) is 4.27. The maximum absolute atomic E-state index is 13.3. The van der Waals surface area contributed by atoms with Crippen LogP contribution in [0.2, 0.25) is 0 Å². The van der Waals surface area contributed by atoms with Crippen LogP contribution in [0, 0.1) is 0 Å². The Morgan fingerprint density at radius 2 is 1.21 bits per heavy atom. The monoisotopic (exact) mass is 399 g/mol. The molecule has 0 saturated heterocycles. The van der Waals surface area contributed by atoms with Crippen LogP contribution in [0.25, 0.3) is 5.57 Å². The number of nitrogens with zero attached hydrogens (tertiary/aromatic N) is 1. The quantitative estimate of drug-likeness (QED) is 0.522. The van der Waals surface area contributed by atoms with Gasteiger partial charge in [-0.15, -0.1) is 0 Å². The van der Waals surface area contributed by atoms with Gasteiger partial charge in [-0.1, -0.05) is 30.3 Å². The summed E-state index contributed by atoms with van der Waals surface area (Å²) in [6.07, 6.45) is -9.68. The van der Waals surface area contributed by atoms with E-state index >= 15 is 0 Å². The molecule has 2 amide bonds. The van der Waals surface area contributed by atoms with Gasteiger partial charge in [-0.3, -0.25) is 9.59 Å². The van der Waals surface area contributed by atoms with Crippen molar-refractivity contribution in [3.05, 3.63) is 70.8 Å². The highest BCUT2D eigenvalue weighted by molar-refractivity contribution is 6.45. The van der Waals surface area contributed by atoms with Crippen molar-refractivity contribution in [3.8, 4) is 0 Å². The maximum Gasteiger partial charge on any atom is 0.418 e. The molecule has 0 fully saturated rings. The number of hydrogen-bond acceptors (Lipinski definition) is 2. The minimum Gasteiger partial charge on any atom is -0.269 e. The molecular weight excluding hydrogens is 388 g/mol. The number of amides is 2. The van der Waals surface area contributed by atoms with Crippen LogP contribution in [0.3, 0.4) is 0 Å². The predicted octanol–water partition coefficient (Wildman–Crippen LogP) is 5.07. The lowest BCUT2D eigenvalue weighted by atomic mass is 9.96. The normalized spacial score (nSPS) is 15.6. The SMILES string of the molecule is CC1=C(c2ccccc2C(F)(F)F)C(=O)N(c2ccccc2C(F)(F)F)C1=O. The van der Waals surface area contributed by atoms with Crippen LogP contribution < -0.4 is 4.90 Å². The summed E-state index contributed by atoms with van der Waals surface area (Å²) >= 11 is 0. The van der Waals surface area contributed by atoms with Gasteiger partial charge in [0.1, 0.15) is 0 Å². The molecule has 0 atom stereocenters. The van der Waals surface area contributed by atoms with Crippen molar-refractivity contribution in [2.75, 3.05) is 4.90 Å². The summed E-state index contributed by atoms with van der Waals surface area (Å²) in [4.78, 5) is 25.6. The summed E-state index contributed by atoms with van der Waals surface area (Å²) in [7, 11) is 0. The molecule has 0 aliphatic carbocycles. The van der Waals surface area contributed by atoms with E-state index in [0.29, 0.717) is 6.07 Å². The number of anilines is 1. The van der Waals surface area contributed by atoms with Gasteiger partial charge >= 0.3 is 12.4 Å². The van der Waals surface area contributed by atoms with Gasteiger partial charge in [0.2, 0.25) is 0 Å². The Morgan fingerprint density at radius 1 is 0.714 bits per heavy atom. The lowest BCUT2D eigenvalue weighted by Gasteiger charge is -2.20. The Bertz CT molecular complexity index is 1000. The van der Waals surface area contributed by atoms with Crippen molar-refractivity contribution < 1.29 is 35.9 Å². The molecule has 0 N–H and O–H groups in total. The molecule has 3 rings (SSSR count). The number of halogens is 6. The highest BCUT2D eigenvalue weighted by Gasteiger charge is 2.45. The van der Waals surface area contributed by atoms with Gasteiger partial charge in [0, 0.05) is 5.57 Å². The molecule has 1 heterocycles. The van der Waals surface area contributed by atoms with Crippen LogP contribution in [-0.4, -0.2) is 11.8 Å². The molecule has 0 unspecified atom stereocenters. The van der Waals surface area contributed by atoms with Crippen LogP contribution >= 0.6 is 0 Å². The second-order valence-corrected chi connectivity index (χ2v) is 6.00. The second-order valence-electron chi connectivity index (χ2n) is 6.00. The van der Waals surface area contributed by atoms with Gasteiger partial charge in [0.15, 0.2) is 0 Å². The Hall–Kier alpha value is -3.10. The largest absolute Gasteiger partial charge is 0.418 e. The summed E-state index contributed by atoms with van der Waals surface area (Å²) in [5.74, 6) is -2.34. The third-order valence-electron chi connectivity index (χ3n) is 4.27. The number of imide groups is 1. The molecule has 9 heteroatoms. The van der Waals surface area contributed by atoms with E-state index in [9.17, 15) is 35.9 Å². The molecule has 146 valence electrons. The summed E-state index contributed by atoms with van der Waals surface area (Å²) in [6, 6.07) is 7.98. The first-order valence-corrected chi connectivity index (χ1v) is 7.87. The first-order chi connectivity index (χ1) is 12.9. The van der Waals surface area contributed by atoms with Gasteiger partial charge < -0.3 is 0 Å². The molecule has 3 nitrogen and oxygen atoms in total. The molecular formula is C19H11F6NO2. The van der Waals surface area contributed by atoms with Crippen molar-refractivity contribution in [2.24, 2.45) is 0 Å². The standard InChI is InChI=1S/C19H11F6NO2/c1-10-15(11-6-2-3-7-12(11)18(20,21)22)17(28)26(16(10)27)14-9-5-4-8-13(14)19(23,24)25/h2-9H,1H3. The third kappa shape index (κ3) is 3.17. The zero-order valence-corrected chi connectivity index (χ0v) is 14.2. The lowest BCUT2D eigenvalue weighted by Crippen LogP contribution is -2.33. The van der Waals surface area contributed by atoms with Crippen molar-refractivity contribution in [1.82, 2.24) is 0 Å². The van der Waals surface area contributed by atoms with Gasteiger partial charge in [-0.25, -0.2) is 4.90 Å². The molecule has 1 aliphatic rings. The molecule has 2 aromatic carbocycles. The van der Waals surface area contributed by atoms with Crippen molar-refractivity contribution >= 4 is 23.1 Å². The minimum absolute atomic E-state index is 0.265. The molecule has 28 heavy (non-hydrogen) atoms. The van der Waals surface area contributed by atoms with Crippen molar-refractivity contribution in [2.45, 2.75) is 19.3 Å². The summed E-state index contributed by atoms with van der Waals surface area (Å²) in [6.45, 7) is 1.11. The molecule has 0 radical (unpaired) electrons. The van der Waals surface area contributed by atoms with Crippen LogP contribution in [0.1, 0.15) is 23.6 Å². The number of rotatable bonds is 2. The Kier molecular flexibility index (Phi) is 4.57. The van der Waals surface area contributed by atoms with Gasteiger partial charge in [0.05, 0.1) is 22.4 Å². The number of alkyl halides is 6. The van der Waals surface area contributed by atoms with E-state index in [2.05, 4.69) is 0 Å². The fraction of sp³-hybridized carbons (Fsp3) is 0.158. The van der Waals surface area contributed by atoms with Crippen LogP contribution in [0.4, 0.5) is 32.0 Å². The average molecular weight is 399 g/mol.